The van der Waals surface area contributed by atoms with E-state index in [1.165, 1.54) is 6.20 Å². The highest BCUT2D eigenvalue weighted by atomic mass is 14.7. The summed E-state index contributed by atoms with van der Waals surface area (Å²) in [6, 6.07) is 2.03. The number of rotatable bonds is 2. The number of nitrogens with one attached hydrogen (secondary N) is 1. The van der Waals surface area contributed by atoms with Gasteiger partial charge in [0.1, 0.15) is 0 Å². The summed E-state index contributed by atoms with van der Waals surface area (Å²) >= 11 is 0. The molecule has 0 radical (unpaired) electrons. The van der Waals surface area contributed by atoms with Crippen molar-refractivity contribution >= 4 is 12.2 Å². The fourth-order valence-corrected chi connectivity index (χ4v) is 1.04. The van der Waals surface area contributed by atoms with Gasteiger partial charge in [-0.2, -0.15) is 0 Å². The second-order valence-electron chi connectivity index (χ2n) is 2.38. The largest absolute Gasteiger partial charge is 0.405 e. The van der Waals surface area contributed by atoms with Crippen LogP contribution >= 0.6 is 0 Å². The van der Waals surface area contributed by atoms with Gasteiger partial charge in [-0.1, -0.05) is 6.58 Å². The SMILES string of the molecule is C=Cc1[nH]c(C)cc1/C=C\N. The van der Waals surface area contributed by atoms with Gasteiger partial charge < -0.3 is 10.7 Å². The van der Waals surface area contributed by atoms with Crippen molar-refractivity contribution in [2.75, 3.05) is 0 Å². The van der Waals surface area contributed by atoms with Crippen molar-refractivity contribution in [1.29, 1.82) is 0 Å². The Bertz CT molecular complexity index is 282. The molecule has 2 nitrogen and oxygen atoms in total. The number of H-pyrrole nitrogens is 1. The van der Waals surface area contributed by atoms with Gasteiger partial charge in [0.15, 0.2) is 0 Å². The van der Waals surface area contributed by atoms with Gasteiger partial charge in [-0.3, -0.25) is 0 Å². The van der Waals surface area contributed by atoms with E-state index in [4.69, 9.17) is 5.73 Å². The van der Waals surface area contributed by atoms with Gasteiger partial charge in [-0.25, -0.2) is 0 Å². The monoisotopic (exact) mass is 148 g/mol. The third kappa shape index (κ3) is 1.52. The first kappa shape index (κ1) is 7.66. The maximum Gasteiger partial charge on any atom is 0.0450 e. The first-order valence-electron chi connectivity index (χ1n) is 3.48. The summed E-state index contributed by atoms with van der Waals surface area (Å²) in [7, 11) is 0. The molecule has 0 spiro atoms. The van der Waals surface area contributed by atoms with Crippen LogP contribution in [0.25, 0.3) is 12.2 Å². The van der Waals surface area contributed by atoms with E-state index < -0.39 is 0 Å². The number of hydrogen-bond donors (Lipinski definition) is 2. The van der Waals surface area contributed by atoms with Gasteiger partial charge in [0.2, 0.25) is 0 Å². The number of hydrogen-bond acceptors (Lipinski definition) is 1. The van der Waals surface area contributed by atoms with E-state index in [1.807, 2.05) is 19.1 Å². The van der Waals surface area contributed by atoms with Crippen molar-refractivity contribution in [2.24, 2.45) is 5.73 Å². The molecule has 0 aliphatic heterocycles. The van der Waals surface area contributed by atoms with Crippen molar-refractivity contribution in [2.45, 2.75) is 6.92 Å². The van der Waals surface area contributed by atoms with Crippen molar-refractivity contribution in [1.82, 2.24) is 4.98 Å². The Morgan fingerprint density at radius 2 is 2.36 bits per heavy atom. The normalized spacial score (nSPS) is 10.6. The zero-order chi connectivity index (χ0) is 8.27. The minimum absolute atomic E-state index is 1.02. The molecule has 0 aromatic carbocycles. The summed E-state index contributed by atoms with van der Waals surface area (Å²) in [5.41, 5.74) is 8.48. The van der Waals surface area contributed by atoms with Crippen LogP contribution in [-0.4, -0.2) is 4.98 Å². The standard InChI is InChI=1S/C9H12N2/c1-3-9-8(4-5-10)6-7(2)11-9/h3-6,11H,1,10H2,2H3/b5-4-. The Labute approximate surface area is 66.4 Å². The summed E-state index contributed by atoms with van der Waals surface area (Å²) < 4.78 is 0. The molecule has 0 bridgehead atoms. The van der Waals surface area contributed by atoms with Gasteiger partial charge >= 0.3 is 0 Å². The number of aromatic nitrogens is 1. The molecule has 0 aliphatic carbocycles. The lowest BCUT2D eigenvalue weighted by atomic mass is 10.2. The van der Waals surface area contributed by atoms with Gasteiger partial charge in [0.05, 0.1) is 0 Å². The average molecular weight is 148 g/mol. The lowest BCUT2D eigenvalue weighted by molar-refractivity contribution is 1.25. The lowest BCUT2D eigenvalue weighted by Gasteiger charge is -1.88. The molecule has 0 amide bonds. The maximum absolute atomic E-state index is 5.26. The molecule has 1 aromatic rings. The van der Waals surface area contributed by atoms with Crippen molar-refractivity contribution < 1.29 is 0 Å². The molecule has 1 rings (SSSR count). The van der Waals surface area contributed by atoms with Gasteiger partial charge in [-0.15, -0.1) is 0 Å². The number of aryl methyl sites for hydroxylation is 1. The highest BCUT2D eigenvalue weighted by molar-refractivity contribution is 5.62. The van der Waals surface area contributed by atoms with E-state index in [2.05, 4.69) is 11.6 Å². The van der Waals surface area contributed by atoms with Crippen LogP contribution in [0.3, 0.4) is 0 Å². The highest BCUT2D eigenvalue weighted by Gasteiger charge is 1.97. The smallest absolute Gasteiger partial charge is 0.0450 e. The summed E-state index contributed by atoms with van der Waals surface area (Å²) in [5.74, 6) is 0. The van der Waals surface area contributed by atoms with Crippen LogP contribution in [0.2, 0.25) is 0 Å². The van der Waals surface area contributed by atoms with Crippen LogP contribution in [0.15, 0.2) is 18.8 Å². The second-order valence-corrected chi connectivity index (χ2v) is 2.38. The predicted molar refractivity (Wildman–Crippen MR) is 48.8 cm³/mol. The molecule has 1 heterocycles. The van der Waals surface area contributed by atoms with E-state index in [9.17, 15) is 0 Å². The topological polar surface area (TPSA) is 41.8 Å². The summed E-state index contributed by atoms with van der Waals surface area (Å²) in [5, 5.41) is 0. The second kappa shape index (κ2) is 3.10. The summed E-state index contributed by atoms with van der Waals surface area (Å²) in [6.07, 6.45) is 5.15. The number of aromatic amines is 1. The molecule has 0 saturated heterocycles. The molecule has 0 fully saturated rings. The van der Waals surface area contributed by atoms with Gasteiger partial charge in [0.25, 0.3) is 0 Å². The molecule has 0 saturated carbocycles. The highest BCUT2D eigenvalue weighted by Crippen LogP contribution is 2.12. The number of nitrogens with two attached hydrogens (primary N) is 1. The lowest BCUT2D eigenvalue weighted by Crippen LogP contribution is -1.78. The van der Waals surface area contributed by atoms with Crippen molar-refractivity contribution in [3.63, 3.8) is 0 Å². The first-order valence-corrected chi connectivity index (χ1v) is 3.48. The van der Waals surface area contributed by atoms with E-state index in [-0.39, 0.29) is 0 Å². The van der Waals surface area contributed by atoms with Crippen LogP contribution in [0.1, 0.15) is 17.0 Å². The molecule has 58 valence electrons. The minimum atomic E-state index is 1.02. The first-order chi connectivity index (χ1) is 5.27. The Kier molecular flexibility index (Phi) is 2.16. The van der Waals surface area contributed by atoms with E-state index >= 15 is 0 Å². The molecule has 0 unspecified atom stereocenters. The Morgan fingerprint density at radius 1 is 1.64 bits per heavy atom. The minimum Gasteiger partial charge on any atom is -0.405 e. The van der Waals surface area contributed by atoms with E-state index in [0.717, 1.165) is 17.0 Å². The zero-order valence-electron chi connectivity index (χ0n) is 6.59. The maximum atomic E-state index is 5.26. The molecule has 11 heavy (non-hydrogen) atoms. The molecule has 1 aromatic heterocycles. The summed E-state index contributed by atoms with van der Waals surface area (Å²) in [4.78, 5) is 3.15. The van der Waals surface area contributed by atoms with Crippen molar-refractivity contribution in [3.8, 4) is 0 Å². The third-order valence-corrected chi connectivity index (χ3v) is 1.49. The Morgan fingerprint density at radius 3 is 2.91 bits per heavy atom. The van der Waals surface area contributed by atoms with Gasteiger partial charge in [0, 0.05) is 17.0 Å². The van der Waals surface area contributed by atoms with Crippen LogP contribution in [0.5, 0.6) is 0 Å². The summed E-state index contributed by atoms with van der Waals surface area (Å²) in [6.45, 7) is 5.68. The predicted octanol–water partition coefficient (Wildman–Crippen LogP) is 1.90. The molecular formula is C9H12N2. The van der Waals surface area contributed by atoms with Crippen LogP contribution in [0, 0.1) is 6.92 Å². The molecule has 0 aliphatic rings. The average Bonchev–Trinajstić information content (AvgIpc) is 2.32. The fraction of sp³-hybridized carbons (Fsp3) is 0.111. The van der Waals surface area contributed by atoms with E-state index in [0.29, 0.717) is 0 Å². The van der Waals surface area contributed by atoms with Crippen molar-refractivity contribution in [3.05, 3.63) is 35.8 Å². The Balaban J connectivity index is 3.11. The Hall–Kier alpha value is -1.44. The molecular weight excluding hydrogens is 136 g/mol. The van der Waals surface area contributed by atoms with Crippen LogP contribution in [-0.2, 0) is 0 Å². The zero-order valence-corrected chi connectivity index (χ0v) is 6.59. The molecule has 0 atom stereocenters. The van der Waals surface area contributed by atoms with Gasteiger partial charge in [-0.05, 0) is 31.3 Å². The molecule has 2 heteroatoms. The third-order valence-electron chi connectivity index (χ3n) is 1.49. The van der Waals surface area contributed by atoms with Crippen LogP contribution < -0.4 is 5.73 Å². The van der Waals surface area contributed by atoms with Crippen LogP contribution in [0.4, 0.5) is 0 Å². The molecule has 3 N–H and O–H groups in total. The fourth-order valence-electron chi connectivity index (χ4n) is 1.04. The quantitative estimate of drug-likeness (QED) is 0.660. The van der Waals surface area contributed by atoms with E-state index in [1.54, 1.807) is 6.08 Å².